The first-order valence-electron chi connectivity index (χ1n) is 30.9. The van der Waals surface area contributed by atoms with Gasteiger partial charge in [0.05, 0.1) is 38.8 Å². The van der Waals surface area contributed by atoms with E-state index in [1.165, 1.54) is 106 Å². The zero-order valence-electron chi connectivity index (χ0n) is 49.6. The molecule has 19 aromatic rings. The maximum Gasteiger partial charge on any atom is 0.164 e. The van der Waals surface area contributed by atoms with Crippen molar-refractivity contribution in [2.75, 3.05) is 0 Å². The van der Waals surface area contributed by atoms with Gasteiger partial charge < -0.3 is 13.7 Å². The minimum atomic E-state index is 0.634. The fourth-order valence-electron chi connectivity index (χ4n) is 14.6. The van der Waals surface area contributed by atoms with Crippen molar-refractivity contribution in [3.63, 3.8) is 0 Å². The predicted octanol–water partition coefficient (Wildman–Crippen LogP) is 22.9. The summed E-state index contributed by atoms with van der Waals surface area (Å²) < 4.78 is 12.5. The molecule has 0 saturated heterocycles. The molecule has 0 aliphatic heterocycles. The molecule has 0 atom stereocenters. The Kier molecular flexibility index (Phi) is 11.4. The van der Waals surface area contributed by atoms with Crippen LogP contribution >= 0.6 is 22.7 Å². The molecule has 0 radical (unpaired) electrons. The summed E-state index contributed by atoms with van der Waals surface area (Å²) in [5, 5.41) is 12.5. The van der Waals surface area contributed by atoms with E-state index in [9.17, 15) is 0 Å². The molecule has 0 spiro atoms. The number of para-hydroxylation sites is 4. The molecular formula is C83H52N6S2. The Morgan fingerprint density at radius 3 is 0.956 bits per heavy atom. The first-order valence-corrected chi connectivity index (χ1v) is 32.5. The number of thiophene rings is 2. The number of nitrogens with zero attached hydrogens (tertiary/aromatic N) is 6. The van der Waals surface area contributed by atoms with Gasteiger partial charge in [-0.25, -0.2) is 15.0 Å². The molecule has 0 aliphatic rings. The van der Waals surface area contributed by atoms with Crippen molar-refractivity contribution >= 4 is 128 Å². The Morgan fingerprint density at radius 2 is 0.549 bits per heavy atom. The van der Waals surface area contributed by atoms with E-state index in [1.54, 1.807) is 0 Å². The summed E-state index contributed by atoms with van der Waals surface area (Å²) in [4.78, 5) is 15.4. The third-order valence-corrected chi connectivity index (χ3v) is 21.0. The number of hydrogen-bond donors (Lipinski definition) is 0. The highest BCUT2D eigenvalue weighted by atomic mass is 32.1. The monoisotopic (exact) mass is 1200 g/mol. The van der Waals surface area contributed by atoms with Crippen LogP contribution in [-0.4, -0.2) is 28.7 Å². The van der Waals surface area contributed by atoms with Gasteiger partial charge >= 0.3 is 0 Å². The summed E-state index contributed by atoms with van der Waals surface area (Å²) >= 11 is 3.72. The average Bonchev–Trinajstić information content (AvgIpc) is 1.76. The molecule has 0 fully saturated rings. The van der Waals surface area contributed by atoms with E-state index in [4.69, 9.17) is 15.0 Å². The van der Waals surface area contributed by atoms with Gasteiger partial charge in [0.15, 0.2) is 17.5 Å². The third-order valence-electron chi connectivity index (χ3n) is 18.7. The SMILES string of the molecule is Cc1cc(-c2nc(-c3ccccc3)nc(-c3ccccc3)n2)cc(C)c1-n1c2cc(-c3ccc4sc5ccc(-n6c7ccccc7c7ccccc76)cc5c4c3)ccc2c2ccc(-c3ccc4sc5ccc(-n6c7ccccc7c7ccccc76)cc5c4c3)cc21. The highest BCUT2D eigenvalue weighted by Crippen LogP contribution is 2.45. The first kappa shape index (κ1) is 51.7. The van der Waals surface area contributed by atoms with Crippen LogP contribution in [0.4, 0.5) is 0 Å². The molecule has 0 unspecified atom stereocenters. The summed E-state index contributed by atoms with van der Waals surface area (Å²) in [5.74, 6) is 1.91. The van der Waals surface area contributed by atoms with E-state index < -0.39 is 0 Å². The second-order valence-corrected chi connectivity index (χ2v) is 26.2. The zero-order valence-corrected chi connectivity index (χ0v) is 51.2. The van der Waals surface area contributed by atoms with Gasteiger partial charge in [0.25, 0.3) is 0 Å². The molecule has 6 nitrogen and oxygen atoms in total. The lowest BCUT2D eigenvalue weighted by molar-refractivity contribution is 1.07. The van der Waals surface area contributed by atoms with Crippen LogP contribution in [0.15, 0.2) is 279 Å². The maximum atomic E-state index is 5.19. The lowest BCUT2D eigenvalue weighted by atomic mass is 9.99. The van der Waals surface area contributed by atoms with Crippen LogP contribution in [0.1, 0.15) is 11.1 Å². The van der Waals surface area contributed by atoms with Crippen LogP contribution < -0.4 is 0 Å². The molecule has 0 bridgehead atoms. The quantitative estimate of drug-likeness (QED) is 0.152. The topological polar surface area (TPSA) is 53.5 Å². The summed E-state index contributed by atoms with van der Waals surface area (Å²) in [6.07, 6.45) is 0. The van der Waals surface area contributed by atoms with Crippen molar-refractivity contribution in [2.45, 2.75) is 13.8 Å². The number of fused-ring (bicyclic) bond motifs is 15. The molecule has 0 saturated carbocycles. The summed E-state index contributed by atoms with van der Waals surface area (Å²) in [5.41, 5.74) is 20.3. The van der Waals surface area contributed by atoms with E-state index >= 15 is 0 Å². The fourth-order valence-corrected chi connectivity index (χ4v) is 16.7. The molecule has 13 aromatic carbocycles. The number of aryl methyl sites for hydroxylation is 2. The molecule has 0 N–H and O–H groups in total. The Morgan fingerprint density at radius 1 is 0.231 bits per heavy atom. The highest BCUT2D eigenvalue weighted by molar-refractivity contribution is 7.26. The van der Waals surface area contributed by atoms with E-state index in [1.807, 2.05) is 59.1 Å². The first-order chi connectivity index (χ1) is 44.9. The number of rotatable bonds is 8. The highest BCUT2D eigenvalue weighted by Gasteiger charge is 2.23. The van der Waals surface area contributed by atoms with Crippen LogP contribution in [-0.2, 0) is 0 Å². The lowest BCUT2D eigenvalue weighted by Crippen LogP contribution is -2.04. The Labute approximate surface area is 531 Å². The van der Waals surface area contributed by atoms with Gasteiger partial charge in [0, 0.05) is 101 Å². The van der Waals surface area contributed by atoms with Crippen molar-refractivity contribution in [2.24, 2.45) is 0 Å². The van der Waals surface area contributed by atoms with E-state index in [0.717, 1.165) is 67.0 Å². The van der Waals surface area contributed by atoms with Crippen LogP contribution in [0, 0.1) is 13.8 Å². The van der Waals surface area contributed by atoms with E-state index in [2.05, 4.69) is 270 Å². The molecule has 0 amide bonds. The predicted molar refractivity (Wildman–Crippen MR) is 385 cm³/mol. The average molecular weight is 1200 g/mol. The van der Waals surface area contributed by atoms with Gasteiger partial charge in [-0.2, -0.15) is 0 Å². The molecule has 91 heavy (non-hydrogen) atoms. The smallest absolute Gasteiger partial charge is 0.164 e. The van der Waals surface area contributed by atoms with Gasteiger partial charge in [-0.3, -0.25) is 0 Å². The van der Waals surface area contributed by atoms with Crippen LogP contribution in [0.25, 0.3) is 179 Å². The molecule has 19 rings (SSSR count). The Bertz CT molecular complexity index is 5760. The molecule has 0 aliphatic carbocycles. The van der Waals surface area contributed by atoms with Crippen LogP contribution in [0.3, 0.4) is 0 Å². The van der Waals surface area contributed by atoms with Gasteiger partial charge in [-0.15, -0.1) is 22.7 Å². The third kappa shape index (κ3) is 8.13. The van der Waals surface area contributed by atoms with Crippen molar-refractivity contribution in [3.05, 3.63) is 290 Å². The lowest BCUT2D eigenvalue weighted by Gasteiger charge is -2.17. The van der Waals surface area contributed by atoms with Crippen LogP contribution in [0.2, 0.25) is 0 Å². The van der Waals surface area contributed by atoms with Crippen LogP contribution in [0.5, 0.6) is 0 Å². The number of benzene rings is 13. The van der Waals surface area contributed by atoms with Crippen molar-refractivity contribution in [1.82, 2.24) is 28.7 Å². The van der Waals surface area contributed by atoms with Gasteiger partial charge in [0.1, 0.15) is 0 Å². The van der Waals surface area contributed by atoms with E-state index in [-0.39, 0.29) is 0 Å². The summed E-state index contributed by atoms with van der Waals surface area (Å²) in [7, 11) is 0. The zero-order chi connectivity index (χ0) is 60.0. The Balaban J connectivity index is 0.785. The summed E-state index contributed by atoms with van der Waals surface area (Å²) in [6.45, 7) is 4.47. The second-order valence-electron chi connectivity index (χ2n) is 24.0. The van der Waals surface area contributed by atoms with Crippen molar-refractivity contribution < 1.29 is 0 Å². The van der Waals surface area contributed by atoms with Gasteiger partial charge in [0.2, 0.25) is 0 Å². The molecule has 6 aromatic heterocycles. The standard InChI is InChI=1S/C83H52N6S2/c1-49-41-57(83-85-81(51-17-5-3-6-18-51)84-82(86-83)52-19-7-4-8-20-52)42-50(2)80(49)89-74-45-55(53-31-37-76-66(43-53)68-47-58(33-39-78(68)90-76)87-70-25-13-9-21-60(70)61-22-10-14-26-71(61)87)29-35-64(74)65-36-30-56(46-75(65)89)54-32-38-77-67(44-54)69-48-59(34-40-79(69)91-77)88-72-27-15-11-23-62(72)63-24-12-16-28-73(63)88/h3-48H,1-2H3. The minimum absolute atomic E-state index is 0.634. The van der Waals surface area contributed by atoms with E-state index in [0.29, 0.717) is 17.5 Å². The maximum absolute atomic E-state index is 5.19. The number of hydrogen-bond acceptors (Lipinski definition) is 5. The second kappa shape index (κ2) is 20.1. The largest absolute Gasteiger partial charge is 0.309 e. The molecular weight excluding hydrogens is 1150 g/mol. The molecule has 8 heteroatoms. The van der Waals surface area contributed by atoms with Gasteiger partial charge in [-0.1, -0.05) is 170 Å². The van der Waals surface area contributed by atoms with Crippen molar-refractivity contribution in [3.8, 4) is 73.5 Å². The fraction of sp³-hybridized carbons (Fsp3) is 0.0241. The number of aromatic nitrogens is 6. The molecule has 6 heterocycles. The normalized spacial score (nSPS) is 12.1. The van der Waals surface area contributed by atoms with Crippen molar-refractivity contribution in [1.29, 1.82) is 0 Å². The molecule has 426 valence electrons. The van der Waals surface area contributed by atoms with Gasteiger partial charge in [-0.05, 0) is 156 Å². The summed E-state index contributed by atoms with van der Waals surface area (Å²) in [6, 6.07) is 102. The minimum Gasteiger partial charge on any atom is -0.309 e. The Hall–Kier alpha value is -11.3.